The Hall–Kier alpha value is -2.21. The van der Waals surface area contributed by atoms with Crippen molar-refractivity contribution >= 4 is 16.6 Å². The average Bonchev–Trinajstić information content (AvgIpc) is 2.55. The molecule has 0 unspecified atom stereocenters. The molecule has 6 heteroatoms. The van der Waals surface area contributed by atoms with E-state index in [-0.39, 0.29) is 5.75 Å². The van der Waals surface area contributed by atoms with E-state index in [1.54, 1.807) is 12.1 Å². The molecule has 1 aromatic carbocycles. The summed E-state index contributed by atoms with van der Waals surface area (Å²) in [5.41, 5.74) is 3.89. The molecule has 1 aliphatic rings. The van der Waals surface area contributed by atoms with Crippen LogP contribution >= 0.6 is 0 Å². The smallest absolute Gasteiger partial charge is 0.387 e. The zero-order valence-corrected chi connectivity index (χ0v) is 13.5. The fourth-order valence-corrected chi connectivity index (χ4v) is 2.81. The summed E-state index contributed by atoms with van der Waals surface area (Å²) in [7, 11) is 0. The molecular formula is C18H20F2N2O2. The zero-order chi connectivity index (χ0) is 16.9. The summed E-state index contributed by atoms with van der Waals surface area (Å²) in [6, 6.07) is 6.74. The Morgan fingerprint density at radius 1 is 1.33 bits per heavy atom. The highest BCUT2D eigenvalue weighted by molar-refractivity contribution is 5.92. The summed E-state index contributed by atoms with van der Waals surface area (Å²) < 4.78 is 34.6. The van der Waals surface area contributed by atoms with Gasteiger partial charge in [-0.15, -0.1) is 0 Å². The molecule has 0 aliphatic carbocycles. The first-order valence-electron chi connectivity index (χ1n) is 7.97. The van der Waals surface area contributed by atoms with Gasteiger partial charge in [0.15, 0.2) is 0 Å². The van der Waals surface area contributed by atoms with Crippen LogP contribution in [0.25, 0.3) is 10.9 Å². The van der Waals surface area contributed by atoms with Crippen LogP contribution in [0, 0.1) is 6.92 Å². The second-order valence-corrected chi connectivity index (χ2v) is 5.73. The lowest BCUT2D eigenvalue weighted by molar-refractivity contribution is -0.0497. The Labute approximate surface area is 139 Å². The summed E-state index contributed by atoms with van der Waals surface area (Å²) in [6.45, 7) is 1.30. The minimum absolute atomic E-state index is 0.137. The molecule has 0 spiro atoms. The van der Waals surface area contributed by atoms with Crippen LogP contribution in [0.5, 0.6) is 5.75 Å². The number of benzene rings is 1. The van der Waals surface area contributed by atoms with Gasteiger partial charge < -0.3 is 14.8 Å². The Bertz CT molecular complexity index is 747. The van der Waals surface area contributed by atoms with Gasteiger partial charge in [-0.3, -0.25) is 4.98 Å². The molecule has 0 bridgehead atoms. The third-order valence-corrected chi connectivity index (χ3v) is 3.95. The van der Waals surface area contributed by atoms with Gasteiger partial charge in [0, 0.05) is 23.3 Å². The van der Waals surface area contributed by atoms with Gasteiger partial charge >= 0.3 is 6.61 Å². The fourth-order valence-electron chi connectivity index (χ4n) is 2.81. The molecule has 0 saturated carbocycles. The predicted octanol–water partition coefficient (Wildman–Crippen LogP) is 4.29. The maximum Gasteiger partial charge on any atom is 0.387 e. The first kappa shape index (κ1) is 16.6. The van der Waals surface area contributed by atoms with Crippen LogP contribution in [-0.4, -0.2) is 31.4 Å². The van der Waals surface area contributed by atoms with E-state index in [1.807, 2.05) is 13.0 Å². The highest BCUT2D eigenvalue weighted by Gasteiger charge is 2.09. The van der Waals surface area contributed by atoms with Crippen molar-refractivity contribution < 1.29 is 18.3 Å². The summed E-state index contributed by atoms with van der Waals surface area (Å²) in [6.07, 6.45) is 4.01. The summed E-state index contributed by atoms with van der Waals surface area (Å²) in [5, 5.41) is 4.17. The molecule has 128 valence electrons. The van der Waals surface area contributed by atoms with Crippen molar-refractivity contribution in [2.45, 2.75) is 26.4 Å². The SMILES string of the molecule is Cc1cc(NCCC2=CCOCC2)c2cc(OC(F)F)ccc2n1. The Balaban J connectivity index is 1.78. The maximum atomic E-state index is 12.4. The van der Waals surface area contributed by atoms with Crippen LogP contribution in [0.15, 0.2) is 35.9 Å². The third-order valence-electron chi connectivity index (χ3n) is 3.95. The van der Waals surface area contributed by atoms with Crippen molar-refractivity contribution in [1.82, 2.24) is 4.98 Å². The molecule has 1 N–H and O–H groups in total. The monoisotopic (exact) mass is 334 g/mol. The van der Waals surface area contributed by atoms with Crippen LogP contribution < -0.4 is 10.1 Å². The van der Waals surface area contributed by atoms with Gasteiger partial charge in [0.1, 0.15) is 5.75 Å². The second kappa shape index (κ2) is 7.57. The van der Waals surface area contributed by atoms with Gasteiger partial charge in [-0.2, -0.15) is 8.78 Å². The summed E-state index contributed by atoms with van der Waals surface area (Å²) in [5.74, 6) is 0.137. The Kier molecular flexibility index (Phi) is 5.25. The van der Waals surface area contributed by atoms with E-state index < -0.39 is 6.61 Å². The average molecular weight is 334 g/mol. The Morgan fingerprint density at radius 3 is 2.96 bits per heavy atom. The molecule has 2 aromatic rings. The number of rotatable bonds is 6. The number of aromatic nitrogens is 1. The van der Waals surface area contributed by atoms with Crippen LogP contribution in [0.2, 0.25) is 0 Å². The lowest BCUT2D eigenvalue weighted by Gasteiger charge is -2.15. The number of hydrogen-bond donors (Lipinski definition) is 1. The molecule has 0 radical (unpaired) electrons. The molecule has 3 rings (SSSR count). The van der Waals surface area contributed by atoms with Crippen molar-refractivity contribution in [3.63, 3.8) is 0 Å². The molecule has 0 amide bonds. The normalized spacial score (nSPS) is 14.8. The van der Waals surface area contributed by atoms with E-state index in [0.29, 0.717) is 6.61 Å². The quantitative estimate of drug-likeness (QED) is 0.800. The molecular weight excluding hydrogens is 314 g/mol. The van der Waals surface area contributed by atoms with E-state index in [4.69, 9.17) is 4.74 Å². The van der Waals surface area contributed by atoms with Crippen molar-refractivity contribution in [1.29, 1.82) is 0 Å². The molecule has 4 nitrogen and oxygen atoms in total. The van der Waals surface area contributed by atoms with E-state index in [0.717, 1.165) is 48.3 Å². The molecule has 0 saturated heterocycles. The predicted molar refractivity (Wildman–Crippen MR) is 89.7 cm³/mol. The number of halogens is 2. The van der Waals surface area contributed by atoms with Gasteiger partial charge in [-0.05, 0) is 44.0 Å². The highest BCUT2D eigenvalue weighted by Crippen LogP contribution is 2.28. The fraction of sp³-hybridized carbons (Fsp3) is 0.389. The minimum atomic E-state index is -2.84. The van der Waals surface area contributed by atoms with Gasteiger partial charge in [0.25, 0.3) is 0 Å². The van der Waals surface area contributed by atoms with Gasteiger partial charge in [-0.25, -0.2) is 0 Å². The van der Waals surface area contributed by atoms with E-state index >= 15 is 0 Å². The first-order chi connectivity index (χ1) is 11.6. The number of nitrogens with zero attached hydrogens (tertiary/aromatic N) is 1. The van der Waals surface area contributed by atoms with Crippen LogP contribution in [0.3, 0.4) is 0 Å². The summed E-state index contributed by atoms with van der Waals surface area (Å²) >= 11 is 0. The van der Waals surface area contributed by atoms with E-state index in [9.17, 15) is 8.78 Å². The van der Waals surface area contributed by atoms with Crippen LogP contribution in [0.4, 0.5) is 14.5 Å². The second-order valence-electron chi connectivity index (χ2n) is 5.73. The Morgan fingerprint density at radius 2 is 2.21 bits per heavy atom. The number of nitrogens with one attached hydrogen (secondary N) is 1. The largest absolute Gasteiger partial charge is 0.435 e. The van der Waals surface area contributed by atoms with Crippen molar-refractivity contribution in [3.05, 3.63) is 41.6 Å². The molecule has 24 heavy (non-hydrogen) atoms. The van der Waals surface area contributed by atoms with Crippen LogP contribution in [-0.2, 0) is 4.74 Å². The topological polar surface area (TPSA) is 43.4 Å². The van der Waals surface area contributed by atoms with Crippen molar-refractivity contribution in [2.24, 2.45) is 0 Å². The summed E-state index contributed by atoms with van der Waals surface area (Å²) in [4.78, 5) is 4.44. The molecule has 1 aliphatic heterocycles. The lowest BCUT2D eigenvalue weighted by Crippen LogP contribution is -2.09. The number of ether oxygens (including phenoxy) is 2. The number of alkyl halides is 2. The first-order valence-corrected chi connectivity index (χ1v) is 7.97. The molecule has 0 fully saturated rings. The third kappa shape index (κ3) is 4.20. The standard InChI is InChI=1S/C18H20F2N2O2/c1-12-10-17(21-7-4-13-5-8-23-9-6-13)15-11-14(24-18(19)20)2-3-16(15)22-12/h2-3,5,10-11,18H,4,6-9H2,1H3,(H,21,22). The molecule has 2 heterocycles. The van der Waals surface area contributed by atoms with Crippen LogP contribution in [0.1, 0.15) is 18.5 Å². The lowest BCUT2D eigenvalue weighted by atomic mass is 10.1. The van der Waals surface area contributed by atoms with Crippen molar-refractivity contribution in [3.8, 4) is 5.75 Å². The zero-order valence-electron chi connectivity index (χ0n) is 13.5. The maximum absolute atomic E-state index is 12.4. The number of aryl methyl sites for hydroxylation is 1. The number of hydrogen-bond acceptors (Lipinski definition) is 4. The molecule has 1 aromatic heterocycles. The van der Waals surface area contributed by atoms with Gasteiger partial charge in [0.2, 0.25) is 0 Å². The minimum Gasteiger partial charge on any atom is -0.435 e. The highest BCUT2D eigenvalue weighted by atomic mass is 19.3. The number of fused-ring (bicyclic) bond motifs is 1. The van der Waals surface area contributed by atoms with Crippen molar-refractivity contribution in [2.75, 3.05) is 25.1 Å². The van der Waals surface area contributed by atoms with Gasteiger partial charge in [-0.1, -0.05) is 11.6 Å². The molecule has 0 atom stereocenters. The number of pyridine rings is 1. The van der Waals surface area contributed by atoms with E-state index in [1.165, 1.54) is 11.6 Å². The van der Waals surface area contributed by atoms with Gasteiger partial charge in [0.05, 0.1) is 18.7 Å². The number of anilines is 1. The van der Waals surface area contributed by atoms with E-state index in [2.05, 4.69) is 21.1 Å².